The van der Waals surface area contributed by atoms with Crippen molar-refractivity contribution in [1.29, 1.82) is 0 Å². The van der Waals surface area contributed by atoms with Crippen molar-refractivity contribution >= 4 is 17.6 Å². The van der Waals surface area contributed by atoms with Gasteiger partial charge in [-0.1, -0.05) is 25.0 Å². The summed E-state index contributed by atoms with van der Waals surface area (Å²) in [7, 11) is 7.29. The quantitative estimate of drug-likeness (QED) is 0.279. The fraction of sp³-hybridized carbons (Fsp3) is 0.600. The third-order valence-corrected chi connectivity index (χ3v) is 9.06. The molecule has 45 heavy (non-hydrogen) atoms. The first kappa shape index (κ1) is 32.9. The third-order valence-electron chi connectivity index (χ3n) is 9.06. The normalized spacial score (nSPS) is 20.5. The second-order valence-electron chi connectivity index (χ2n) is 12.9. The zero-order chi connectivity index (χ0) is 31.9. The van der Waals surface area contributed by atoms with Crippen LogP contribution < -0.4 is 19.1 Å². The van der Waals surface area contributed by atoms with Crippen LogP contribution in [0.3, 0.4) is 0 Å². The molecule has 0 spiro atoms. The number of nitrogens with zero attached hydrogens (tertiary/aromatic N) is 4. The number of hydrogen-bond donors (Lipinski definition) is 0. The molecular weight excluding hydrogens is 572 g/mol. The SMILES string of the molecule is COc1cc(CC(=O)N2CCO[C@H](CN(C)C)C2)ccc1CN1C(=O)N(c2ccc(OC)c(OCCCC3CC3)c2)CC[C@@H]1C. The zero-order valence-electron chi connectivity index (χ0n) is 27.6. The predicted molar refractivity (Wildman–Crippen MR) is 174 cm³/mol. The Hall–Kier alpha value is -3.50. The van der Waals surface area contributed by atoms with Crippen LogP contribution in [0.1, 0.15) is 50.2 Å². The Labute approximate surface area is 268 Å². The molecule has 3 fully saturated rings. The molecule has 2 aromatic rings. The molecule has 246 valence electrons. The van der Waals surface area contributed by atoms with Gasteiger partial charge in [0, 0.05) is 49.5 Å². The molecule has 0 bridgehead atoms. The first-order valence-electron chi connectivity index (χ1n) is 16.3. The van der Waals surface area contributed by atoms with E-state index in [0.29, 0.717) is 63.1 Å². The largest absolute Gasteiger partial charge is 0.496 e. The molecule has 10 nitrogen and oxygen atoms in total. The Morgan fingerprint density at radius 3 is 2.53 bits per heavy atom. The van der Waals surface area contributed by atoms with Gasteiger partial charge in [-0.15, -0.1) is 0 Å². The van der Waals surface area contributed by atoms with Crippen LogP contribution in [0.25, 0.3) is 0 Å². The van der Waals surface area contributed by atoms with Gasteiger partial charge in [-0.2, -0.15) is 0 Å². The zero-order valence-corrected chi connectivity index (χ0v) is 27.6. The van der Waals surface area contributed by atoms with Crippen LogP contribution in [0.15, 0.2) is 36.4 Å². The lowest BCUT2D eigenvalue weighted by Gasteiger charge is -2.40. The molecule has 2 aromatic carbocycles. The number of anilines is 1. The fourth-order valence-corrected chi connectivity index (χ4v) is 6.24. The average molecular weight is 623 g/mol. The number of hydrogen-bond acceptors (Lipinski definition) is 7. The summed E-state index contributed by atoms with van der Waals surface area (Å²) in [4.78, 5) is 34.8. The Kier molecular flexibility index (Phi) is 11.1. The molecule has 0 aromatic heterocycles. The average Bonchev–Trinajstić information content (AvgIpc) is 3.86. The number of morpholine rings is 1. The van der Waals surface area contributed by atoms with E-state index in [9.17, 15) is 9.59 Å². The van der Waals surface area contributed by atoms with Gasteiger partial charge in [0.05, 0.1) is 46.5 Å². The summed E-state index contributed by atoms with van der Waals surface area (Å²) in [5.41, 5.74) is 2.59. The van der Waals surface area contributed by atoms with Gasteiger partial charge in [-0.3, -0.25) is 9.69 Å². The minimum absolute atomic E-state index is 0.0206. The molecule has 1 aliphatic carbocycles. The maximum absolute atomic E-state index is 13.9. The van der Waals surface area contributed by atoms with E-state index >= 15 is 0 Å². The molecule has 2 saturated heterocycles. The van der Waals surface area contributed by atoms with E-state index in [1.165, 1.54) is 19.3 Å². The van der Waals surface area contributed by atoms with Crippen molar-refractivity contribution < 1.29 is 28.5 Å². The van der Waals surface area contributed by atoms with Gasteiger partial charge >= 0.3 is 6.03 Å². The first-order chi connectivity index (χ1) is 21.7. The minimum Gasteiger partial charge on any atom is -0.496 e. The van der Waals surface area contributed by atoms with E-state index < -0.39 is 0 Å². The molecule has 2 heterocycles. The van der Waals surface area contributed by atoms with Gasteiger partial charge in [-0.25, -0.2) is 4.79 Å². The number of methoxy groups -OCH3 is 2. The summed E-state index contributed by atoms with van der Waals surface area (Å²) in [5, 5.41) is 0. The van der Waals surface area contributed by atoms with E-state index in [1.54, 1.807) is 14.2 Å². The Morgan fingerprint density at radius 2 is 1.80 bits per heavy atom. The monoisotopic (exact) mass is 622 g/mol. The van der Waals surface area contributed by atoms with Gasteiger partial charge in [0.15, 0.2) is 11.5 Å². The van der Waals surface area contributed by atoms with Gasteiger partial charge in [-0.05, 0) is 70.0 Å². The lowest BCUT2D eigenvalue weighted by atomic mass is 10.0. The van der Waals surface area contributed by atoms with E-state index in [1.807, 2.05) is 65.2 Å². The summed E-state index contributed by atoms with van der Waals surface area (Å²) in [6.45, 7) is 6.29. The Balaban J connectivity index is 1.24. The van der Waals surface area contributed by atoms with Crippen molar-refractivity contribution in [3.63, 3.8) is 0 Å². The predicted octanol–water partition coefficient (Wildman–Crippen LogP) is 4.83. The second kappa shape index (κ2) is 15.2. The van der Waals surface area contributed by atoms with Crippen molar-refractivity contribution in [2.75, 3.05) is 72.6 Å². The Morgan fingerprint density at radius 1 is 1.00 bits per heavy atom. The molecule has 0 radical (unpaired) electrons. The number of urea groups is 1. The highest BCUT2D eigenvalue weighted by Gasteiger charge is 2.33. The van der Waals surface area contributed by atoms with Gasteiger partial charge in [0.1, 0.15) is 5.75 Å². The molecule has 3 amide bonds. The van der Waals surface area contributed by atoms with Crippen molar-refractivity contribution in [2.24, 2.45) is 5.92 Å². The summed E-state index contributed by atoms with van der Waals surface area (Å²) < 4.78 is 23.3. The molecule has 5 rings (SSSR count). The molecule has 3 aliphatic rings. The molecule has 0 unspecified atom stereocenters. The van der Waals surface area contributed by atoms with Crippen LogP contribution in [-0.4, -0.2) is 106 Å². The van der Waals surface area contributed by atoms with Crippen LogP contribution in [-0.2, 0) is 22.5 Å². The van der Waals surface area contributed by atoms with Crippen molar-refractivity contribution in [1.82, 2.24) is 14.7 Å². The molecular formula is C35H50N4O6. The van der Waals surface area contributed by atoms with Gasteiger partial charge in [0.25, 0.3) is 0 Å². The van der Waals surface area contributed by atoms with Crippen molar-refractivity contribution in [2.45, 2.75) is 64.1 Å². The van der Waals surface area contributed by atoms with Crippen LogP contribution >= 0.6 is 0 Å². The van der Waals surface area contributed by atoms with E-state index in [4.69, 9.17) is 18.9 Å². The highest BCUT2D eigenvalue weighted by Crippen LogP contribution is 2.36. The number of ether oxygens (including phenoxy) is 4. The maximum Gasteiger partial charge on any atom is 0.325 e. The summed E-state index contributed by atoms with van der Waals surface area (Å²) in [5.74, 6) is 2.97. The molecule has 0 N–H and O–H groups in total. The van der Waals surface area contributed by atoms with E-state index in [0.717, 1.165) is 42.1 Å². The summed E-state index contributed by atoms with van der Waals surface area (Å²) in [6.07, 6.45) is 6.04. The highest BCUT2D eigenvalue weighted by atomic mass is 16.5. The first-order valence-corrected chi connectivity index (χ1v) is 16.3. The Bertz CT molecular complexity index is 1320. The number of benzene rings is 2. The lowest BCUT2D eigenvalue weighted by Crippen LogP contribution is -2.53. The number of likely N-dealkylation sites (N-methyl/N-ethyl adjacent to an activating group) is 1. The van der Waals surface area contributed by atoms with Crippen LogP contribution in [0.2, 0.25) is 0 Å². The smallest absolute Gasteiger partial charge is 0.325 e. The number of carbonyl (C=O) groups is 2. The van der Waals surface area contributed by atoms with Crippen LogP contribution in [0, 0.1) is 5.92 Å². The van der Waals surface area contributed by atoms with Crippen LogP contribution in [0.4, 0.5) is 10.5 Å². The van der Waals surface area contributed by atoms with Crippen molar-refractivity contribution in [3.8, 4) is 17.2 Å². The highest BCUT2D eigenvalue weighted by molar-refractivity contribution is 5.93. The molecule has 1 saturated carbocycles. The summed E-state index contributed by atoms with van der Waals surface area (Å²) >= 11 is 0. The summed E-state index contributed by atoms with van der Waals surface area (Å²) in [6, 6.07) is 11.6. The topological polar surface area (TPSA) is 84.0 Å². The maximum atomic E-state index is 13.9. The van der Waals surface area contributed by atoms with Gasteiger partial charge < -0.3 is 33.6 Å². The number of carbonyl (C=O) groups excluding carboxylic acids is 2. The van der Waals surface area contributed by atoms with Crippen molar-refractivity contribution in [3.05, 3.63) is 47.5 Å². The number of rotatable bonds is 14. The molecule has 2 atom stereocenters. The molecule has 2 aliphatic heterocycles. The lowest BCUT2D eigenvalue weighted by molar-refractivity contribution is -0.138. The third kappa shape index (κ3) is 8.61. The van der Waals surface area contributed by atoms with Crippen LogP contribution in [0.5, 0.6) is 17.2 Å². The standard InChI is InChI=1S/C35H50N4O6/c1-25-14-15-38(29-12-13-31(42-4)33(21-29)45-17-6-7-26-8-9-26)35(41)39(25)22-28-11-10-27(19-32(28)43-5)20-34(40)37-16-18-44-30(24-37)23-36(2)3/h10-13,19,21,25-26,30H,6-9,14-18,20,22-24H2,1-5H3/t25-,30+/m0/s1. The van der Waals surface area contributed by atoms with E-state index in [-0.39, 0.29) is 24.1 Å². The minimum atomic E-state index is -0.0560. The fourth-order valence-electron chi connectivity index (χ4n) is 6.24. The second-order valence-corrected chi connectivity index (χ2v) is 12.9. The molecule has 10 heteroatoms. The van der Waals surface area contributed by atoms with E-state index in [2.05, 4.69) is 11.8 Å². The van der Waals surface area contributed by atoms with Gasteiger partial charge in [0.2, 0.25) is 5.91 Å². The number of amides is 3.